The van der Waals surface area contributed by atoms with Crippen LogP contribution in [0.3, 0.4) is 0 Å². The number of allylic oxidation sites excluding steroid dienone is 16. The summed E-state index contributed by atoms with van der Waals surface area (Å²) in [6.45, 7) is 6.53. The molecule has 0 N–H and O–H groups in total. The Balaban J connectivity index is 4.25. The van der Waals surface area contributed by atoms with E-state index in [1.807, 2.05) is 0 Å². The molecule has 6 nitrogen and oxygen atoms in total. The van der Waals surface area contributed by atoms with Gasteiger partial charge in [-0.05, 0) is 103 Å². The standard InChI is InChI=1S/C73H126O6/c1-4-7-10-13-16-19-22-24-26-28-30-32-33-34-35-36-37-38-39-41-42-44-46-48-51-54-57-60-63-66-72(75)78-69-70(68-77-71(74)65-62-59-56-53-50-21-18-15-12-9-6-3)79-73(76)67-64-61-58-55-52-49-47-45-43-40-31-29-27-25-23-20-17-14-11-8-5-2/h7,10,16,19,23-26,29-32,34-35,43,45,70H,4-6,8-9,11-15,17-18,20-22,27-28,33,36-42,44,46-69H2,1-3H3/b10-7-,19-16-,25-23-,26-24-,31-29-,32-30-,35-34-,45-43-. The van der Waals surface area contributed by atoms with Crippen molar-refractivity contribution < 1.29 is 28.6 Å². The summed E-state index contributed by atoms with van der Waals surface area (Å²) < 4.78 is 16.9. The molecule has 0 amide bonds. The molecule has 0 aliphatic rings. The molecule has 1 unspecified atom stereocenters. The second kappa shape index (κ2) is 66.8. The lowest BCUT2D eigenvalue weighted by atomic mass is 10.0. The van der Waals surface area contributed by atoms with Crippen molar-refractivity contribution in [2.45, 2.75) is 335 Å². The molecule has 0 bridgehead atoms. The van der Waals surface area contributed by atoms with Gasteiger partial charge in [0, 0.05) is 19.3 Å². The second-order valence-electron chi connectivity index (χ2n) is 22.4. The minimum atomic E-state index is -0.784. The monoisotopic (exact) mass is 1100 g/mol. The van der Waals surface area contributed by atoms with Gasteiger partial charge in [0.05, 0.1) is 0 Å². The molecule has 454 valence electrons. The first-order valence-corrected chi connectivity index (χ1v) is 33.7. The summed E-state index contributed by atoms with van der Waals surface area (Å²) in [4.78, 5) is 38.3. The van der Waals surface area contributed by atoms with Gasteiger partial charge >= 0.3 is 17.9 Å². The fourth-order valence-corrected chi connectivity index (χ4v) is 9.54. The Morgan fingerprint density at radius 3 is 0.772 bits per heavy atom. The normalized spacial score (nSPS) is 12.7. The third-order valence-corrected chi connectivity index (χ3v) is 14.6. The first kappa shape index (κ1) is 75.3. The van der Waals surface area contributed by atoms with Crippen LogP contribution >= 0.6 is 0 Å². The van der Waals surface area contributed by atoms with Crippen LogP contribution < -0.4 is 0 Å². The zero-order valence-corrected chi connectivity index (χ0v) is 52.1. The van der Waals surface area contributed by atoms with E-state index in [9.17, 15) is 14.4 Å². The Hall–Kier alpha value is -3.67. The van der Waals surface area contributed by atoms with Crippen LogP contribution in [0, 0.1) is 0 Å². The maximum absolute atomic E-state index is 12.9. The Labute approximate surface area is 489 Å². The summed E-state index contributed by atoms with van der Waals surface area (Å²) in [5.41, 5.74) is 0. The lowest BCUT2D eigenvalue weighted by Gasteiger charge is -2.18. The molecule has 0 fully saturated rings. The Bertz CT molecular complexity index is 1540. The quantitative estimate of drug-likeness (QED) is 0.0261. The molecule has 79 heavy (non-hydrogen) atoms. The van der Waals surface area contributed by atoms with E-state index in [2.05, 4.69) is 118 Å². The van der Waals surface area contributed by atoms with Crippen molar-refractivity contribution in [2.75, 3.05) is 13.2 Å². The predicted molar refractivity (Wildman–Crippen MR) is 344 cm³/mol. The number of carbonyl (C=O) groups is 3. The van der Waals surface area contributed by atoms with E-state index in [-0.39, 0.29) is 31.1 Å². The molecular weight excluding hydrogens is 973 g/mol. The van der Waals surface area contributed by atoms with E-state index in [1.54, 1.807) is 0 Å². The van der Waals surface area contributed by atoms with Crippen LogP contribution in [-0.4, -0.2) is 37.2 Å². The van der Waals surface area contributed by atoms with Crippen LogP contribution in [0.25, 0.3) is 0 Å². The molecule has 0 saturated heterocycles. The summed E-state index contributed by atoms with van der Waals surface area (Å²) in [5, 5.41) is 0. The van der Waals surface area contributed by atoms with Gasteiger partial charge in [-0.15, -0.1) is 0 Å². The lowest BCUT2D eigenvalue weighted by Crippen LogP contribution is -2.30. The molecule has 0 aromatic heterocycles. The highest BCUT2D eigenvalue weighted by atomic mass is 16.6. The van der Waals surface area contributed by atoms with Crippen molar-refractivity contribution >= 4 is 17.9 Å². The van der Waals surface area contributed by atoms with Gasteiger partial charge in [-0.1, -0.05) is 304 Å². The number of rotatable bonds is 61. The van der Waals surface area contributed by atoms with Crippen LogP contribution in [-0.2, 0) is 28.6 Å². The Morgan fingerprint density at radius 2 is 0.494 bits per heavy atom. The summed E-state index contributed by atoms with van der Waals surface area (Å²) in [6.07, 6.45) is 89.9. The summed E-state index contributed by atoms with van der Waals surface area (Å²) >= 11 is 0. The van der Waals surface area contributed by atoms with Gasteiger partial charge in [-0.25, -0.2) is 0 Å². The lowest BCUT2D eigenvalue weighted by molar-refractivity contribution is -0.167. The molecule has 0 spiro atoms. The van der Waals surface area contributed by atoms with Crippen molar-refractivity contribution in [2.24, 2.45) is 0 Å². The van der Waals surface area contributed by atoms with Crippen molar-refractivity contribution in [3.8, 4) is 0 Å². The highest BCUT2D eigenvalue weighted by Gasteiger charge is 2.19. The number of carbonyl (C=O) groups excluding carboxylic acids is 3. The zero-order valence-electron chi connectivity index (χ0n) is 52.1. The van der Waals surface area contributed by atoms with Crippen LogP contribution in [0.15, 0.2) is 97.2 Å². The van der Waals surface area contributed by atoms with Gasteiger partial charge in [0.15, 0.2) is 6.10 Å². The first-order chi connectivity index (χ1) is 39.0. The fraction of sp³-hybridized carbons (Fsp3) is 0.740. The van der Waals surface area contributed by atoms with Gasteiger partial charge in [0.2, 0.25) is 0 Å². The Morgan fingerprint density at radius 1 is 0.266 bits per heavy atom. The van der Waals surface area contributed by atoms with Gasteiger partial charge < -0.3 is 14.2 Å². The van der Waals surface area contributed by atoms with E-state index in [4.69, 9.17) is 14.2 Å². The van der Waals surface area contributed by atoms with Crippen LogP contribution in [0.2, 0.25) is 0 Å². The first-order valence-electron chi connectivity index (χ1n) is 33.7. The highest BCUT2D eigenvalue weighted by Crippen LogP contribution is 2.17. The van der Waals surface area contributed by atoms with E-state index >= 15 is 0 Å². The average Bonchev–Trinajstić information content (AvgIpc) is 3.45. The summed E-state index contributed by atoms with van der Waals surface area (Å²) in [7, 11) is 0. The molecule has 0 aromatic carbocycles. The minimum absolute atomic E-state index is 0.0797. The third-order valence-electron chi connectivity index (χ3n) is 14.6. The van der Waals surface area contributed by atoms with Gasteiger partial charge in [0.1, 0.15) is 13.2 Å². The van der Waals surface area contributed by atoms with Crippen molar-refractivity contribution in [3.05, 3.63) is 97.2 Å². The molecule has 6 heteroatoms. The number of hydrogen-bond acceptors (Lipinski definition) is 6. The molecule has 0 aliphatic carbocycles. The van der Waals surface area contributed by atoms with Crippen LogP contribution in [0.4, 0.5) is 0 Å². The SMILES string of the molecule is CC/C=C\C/C=C\C/C=C\C/C=C\C/C=C\CCCCCCCCCCCCCCCC(=O)OCC(COC(=O)CCCCCCCCCCCCC)OC(=O)CCCCCCCC/C=C\C/C=C\C/C=C\CCCCCCC. The minimum Gasteiger partial charge on any atom is -0.462 e. The van der Waals surface area contributed by atoms with Crippen molar-refractivity contribution in [3.63, 3.8) is 0 Å². The molecule has 1 atom stereocenters. The number of esters is 3. The Kier molecular flexibility index (Phi) is 63.7. The number of ether oxygens (including phenoxy) is 3. The largest absolute Gasteiger partial charge is 0.462 e. The van der Waals surface area contributed by atoms with Crippen LogP contribution in [0.1, 0.15) is 329 Å². The van der Waals surface area contributed by atoms with E-state index in [1.165, 1.54) is 173 Å². The predicted octanol–water partition coefficient (Wildman–Crippen LogP) is 23.2. The second-order valence-corrected chi connectivity index (χ2v) is 22.4. The maximum atomic E-state index is 12.9. The third kappa shape index (κ3) is 65.0. The maximum Gasteiger partial charge on any atom is 0.306 e. The topological polar surface area (TPSA) is 78.9 Å². The van der Waals surface area contributed by atoms with Gasteiger partial charge in [-0.3, -0.25) is 14.4 Å². The van der Waals surface area contributed by atoms with Crippen molar-refractivity contribution in [1.82, 2.24) is 0 Å². The molecule has 0 saturated carbocycles. The summed E-state index contributed by atoms with van der Waals surface area (Å²) in [6, 6.07) is 0. The number of hydrogen-bond donors (Lipinski definition) is 0. The smallest absolute Gasteiger partial charge is 0.306 e. The van der Waals surface area contributed by atoms with Crippen molar-refractivity contribution in [1.29, 1.82) is 0 Å². The van der Waals surface area contributed by atoms with Gasteiger partial charge in [-0.2, -0.15) is 0 Å². The van der Waals surface area contributed by atoms with E-state index < -0.39 is 6.10 Å². The number of unbranched alkanes of at least 4 members (excludes halogenated alkanes) is 34. The fourth-order valence-electron chi connectivity index (χ4n) is 9.54. The molecular formula is C73H126O6. The molecule has 0 heterocycles. The highest BCUT2D eigenvalue weighted by molar-refractivity contribution is 5.71. The van der Waals surface area contributed by atoms with E-state index in [0.717, 1.165) is 116 Å². The molecule has 0 aromatic rings. The molecule has 0 aliphatic heterocycles. The molecule has 0 rings (SSSR count). The zero-order chi connectivity index (χ0) is 57.1. The van der Waals surface area contributed by atoms with E-state index in [0.29, 0.717) is 19.3 Å². The summed E-state index contributed by atoms with van der Waals surface area (Å²) in [5.74, 6) is -0.881. The van der Waals surface area contributed by atoms with Gasteiger partial charge in [0.25, 0.3) is 0 Å². The molecule has 0 radical (unpaired) electrons. The van der Waals surface area contributed by atoms with Crippen LogP contribution in [0.5, 0.6) is 0 Å². The average molecular weight is 1100 g/mol.